The van der Waals surface area contributed by atoms with Crippen LogP contribution in [0.2, 0.25) is 5.02 Å². The van der Waals surface area contributed by atoms with E-state index in [9.17, 15) is 0 Å². The van der Waals surface area contributed by atoms with Crippen molar-refractivity contribution in [3.8, 4) is 0 Å². The van der Waals surface area contributed by atoms with Gasteiger partial charge in [0, 0.05) is 46.9 Å². The number of nitrogens with one attached hydrogen (secondary N) is 2. The van der Waals surface area contributed by atoms with Gasteiger partial charge in [-0.05, 0) is 49.2 Å². The summed E-state index contributed by atoms with van der Waals surface area (Å²) in [6, 6.07) is 16.7. The fraction of sp³-hybridized carbons (Fsp3) is 0.300. The fourth-order valence-corrected chi connectivity index (χ4v) is 3.84. The molecule has 0 aliphatic carbocycles. The number of hydrogen-bond donors (Lipinski definition) is 2. The van der Waals surface area contributed by atoms with Gasteiger partial charge in [0.15, 0.2) is 0 Å². The van der Waals surface area contributed by atoms with Gasteiger partial charge < -0.3 is 15.2 Å². The first kappa shape index (κ1) is 15.6. The average Bonchev–Trinajstić information content (AvgIpc) is 2.93. The molecule has 0 bridgehead atoms. The average molecular weight is 340 g/mol. The van der Waals surface area contributed by atoms with Crippen LogP contribution in [0.5, 0.6) is 0 Å². The molecule has 2 aromatic carbocycles. The maximum atomic E-state index is 6.03. The molecule has 1 aliphatic rings. The molecule has 1 aromatic heterocycles. The molecule has 0 saturated carbocycles. The number of hydrogen-bond acceptors (Lipinski definition) is 2. The van der Waals surface area contributed by atoms with Crippen molar-refractivity contribution < 1.29 is 0 Å². The number of aromatic nitrogens is 1. The van der Waals surface area contributed by atoms with Crippen molar-refractivity contribution in [2.75, 3.05) is 18.4 Å². The van der Waals surface area contributed by atoms with Gasteiger partial charge in [0.05, 0.1) is 0 Å². The van der Waals surface area contributed by atoms with Crippen LogP contribution in [0, 0.1) is 0 Å². The number of fused-ring (bicyclic) bond motifs is 3. The maximum Gasteiger partial charge on any atom is 0.0485 e. The molecular weight excluding hydrogens is 318 g/mol. The third-order valence-electron chi connectivity index (χ3n) is 4.75. The van der Waals surface area contributed by atoms with Gasteiger partial charge in [-0.3, -0.25) is 0 Å². The number of anilines is 1. The summed E-state index contributed by atoms with van der Waals surface area (Å²) in [5.74, 6) is 0. The van der Waals surface area contributed by atoms with Gasteiger partial charge in [-0.1, -0.05) is 35.9 Å². The molecule has 4 rings (SSSR count). The van der Waals surface area contributed by atoms with Crippen LogP contribution in [0.3, 0.4) is 0 Å². The number of nitrogens with zero attached hydrogens (tertiary/aromatic N) is 1. The number of halogens is 1. The van der Waals surface area contributed by atoms with E-state index in [1.165, 1.54) is 22.2 Å². The van der Waals surface area contributed by atoms with Crippen molar-refractivity contribution in [1.82, 2.24) is 9.88 Å². The zero-order valence-electron chi connectivity index (χ0n) is 13.7. The molecule has 3 aromatic rings. The van der Waals surface area contributed by atoms with Crippen LogP contribution in [-0.2, 0) is 19.5 Å². The van der Waals surface area contributed by atoms with Crippen molar-refractivity contribution in [3.05, 3.63) is 64.8 Å². The van der Waals surface area contributed by atoms with Gasteiger partial charge in [-0.25, -0.2) is 0 Å². The molecule has 0 spiro atoms. The summed E-state index contributed by atoms with van der Waals surface area (Å²) in [6.07, 6.45) is 2.21. The molecule has 0 radical (unpaired) electrons. The Bertz CT molecular complexity index is 853. The molecule has 1 aliphatic heterocycles. The summed E-state index contributed by atoms with van der Waals surface area (Å²) in [6.45, 7) is 4.03. The standard InChI is InChI=1S/C20H22ClN3/c21-15-5-3-6-16(13-15)23-10-4-12-24-19-8-2-1-7-17(19)18-9-11-22-14-20(18)24/h1-3,5-8,13,22-23H,4,9-12,14H2. The van der Waals surface area contributed by atoms with Crippen LogP contribution < -0.4 is 10.6 Å². The van der Waals surface area contributed by atoms with Crippen LogP contribution in [0.1, 0.15) is 17.7 Å². The Morgan fingerprint density at radius 1 is 1.12 bits per heavy atom. The lowest BCUT2D eigenvalue weighted by Gasteiger charge is -2.17. The van der Waals surface area contributed by atoms with Crippen LogP contribution in [-0.4, -0.2) is 17.7 Å². The first-order valence-electron chi connectivity index (χ1n) is 8.62. The van der Waals surface area contributed by atoms with Crippen molar-refractivity contribution in [1.29, 1.82) is 0 Å². The van der Waals surface area contributed by atoms with Gasteiger partial charge >= 0.3 is 0 Å². The zero-order chi connectivity index (χ0) is 16.4. The number of aryl methyl sites for hydroxylation is 1. The van der Waals surface area contributed by atoms with Crippen molar-refractivity contribution in [2.24, 2.45) is 0 Å². The van der Waals surface area contributed by atoms with Crippen LogP contribution >= 0.6 is 11.6 Å². The normalized spacial score (nSPS) is 13.9. The quantitative estimate of drug-likeness (QED) is 0.673. The molecule has 24 heavy (non-hydrogen) atoms. The minimum atomic E-state index is 0.775. The highest BCUT2D eigenvalue weighted by molar-refractivity contribution is 6.30. The first-order chi connectivity index (χ1) is 11.8. The van der Waals surface area contributed by atoms with E-state index in [-0.39, 0.29) is 0 Å². The highest BCUT2D eigenvalue weighted by atomic mass is 35.5. The van der Waals surface area contributed by atoms with Crippen LogP contribution in [0.15, 0.2) is 48.5 Å². The summed E-state index contributed by atoms with van der Waals surface area (Å²) in [5.41, 5.74) is 5.45. The second-order valence-corrected chi connectivity index (χ2v) is 6.75. The molecule has 124 valence electrons. The predicted octanol–water partition coefficient (Wildman–Crippen LogP) is 4.44. The second kappa shape index (κ2) is 6.88. The molecule has 0 saturated heterocycles. The van der Waals surface area contributed by atoms with Gasteiger partial charge in [-0.2, -0.15) is 0 Å². The Morgan fingerprint density at radius 2 is 2.04 bits per heavy atom. The molecule has 0 unspecified atom stereocenters. The monoisotopic (exact) mass is 339 g/mol. The summed E-state index contributed by atoms with van der Waals surface area (Å²) in [4.78, 5) is 0. The van der Waals surface area contributed by atoms with E-state index in [1.807, 2.05) is 18.2 Å². The largest absolute Gasteiger partial charge is 0.385 e. The third-order valence-corrected chi connectivity index (χ3v) is 4.99. The number of para-hydroxylation sites is 1. The molecule has 0 amide bonds. The summed E-state index contributed by atoms with van der Waals surface area (Å²) in [5, 5.41) is 9.18. The minimum absolute atomic E-state index is 0.775. The lowest BCUT2D eigenvalue weighted by molar-refractivity contribution is 0.576. The van der Waals surface area contributed by atoms with Gasteiger partial charge in [0.2, 0.25) is 0 Å². The SMILES string of the molecule is Clc1cccc(NCCCn2c3c(c4ccccc42)CCNC3)c1. The van der Waals surface area contributed by atoms with E-state index in [0.29, 0.717) is 0 Å². The van der Waals surface area contributed by atoms with Crippen molar-refractivity contribution in [2.45, 2.75) is 25.9 Å². The Kier molecular flexibility index (Phi) is 4.46. The van der Waals surface area contributed by atoms with E-state index in [1.54, 1.807) is 0 Å². The second-order valence-electron chi connectivity index (χ2n) is 6.31. The molecule has 4 heteroatoms. The molecule has 0 atom stereocenters. The highest BCUT2D eigenvalue weighted by Crippen LogP contribution is 2.28. The van der Waals surface area contributed by atoms with E-state index in [4.69, 9.17) is 11.6 Å². The van der Waals surface area contributed by atoms with Gasteiger partial charge in [0.25, 0.3) is 0 Å². The topological polar surface area (TPSA) is 29.0 Å². The van der Waals surface area contributed by atoms with Gasteiger partial charge in [0.1, 0.15) is 0 Å². The Labute approximate surface area is 147 Å². The Balaban J connectivity index is 1.48. The smallest absolute Gasteiger partial charge is 0.0485 e. The molecule has 2 heterocycles. The highest BCUT2D eigenvalue weighted by Gasteiger charge is 2.18. The predicted molar refractivity (Wildman–Crippen MR) is 102 cm³/mol. The lowest BCUT2D eigenvalue weighted by Crippen LogP contribution is -2.25. The molecule has 0 fully saturated rings. The van der Waals surface area contributed by atoms with Crippen molar-refractivity contribution >= 4 is 28.2 Å². The number of benzene rings is 2. The van der Waals surface area contributed by atoms with E-state index in [0.717, 1.165) is 49.7 Å². The number of rotatable bonds is 5. The van der Waals surface area contributed by atoms with Crippen molar-refractivity contribution in [3.63, 3.8) is 0 Å². The Hall–Kier alpha value is -1.97. The third kappa shape index (κ3) is 3.02. The first-order valence-corrected chi connectivity index (χ1v) is 9.00. The summed E-state index contributed by atoms with van der Waals surface area (Å²) < 4.78 is 2.50. The zero-order valence-corrected chi connectivity index (χ0v) is 14.4. The van der Waals surface area contributed by atoms with Crippen LogP contribution in [0.4, 0.5) is 5.69 Å². The molecule has 3 nitrogen and oxygen atoms in total. The summed E-state index contributed by atoms with van der Waals surface area (Å²) in [7, 11) is 0. The maximum absolute atomic E-state index is 6.03. The fourth-order valence-electron chi connectivity index (χ4n) is 3.65. The molecular formula is C20H22ClN3. The lowest BCUT2D eigenvalue weighted by atomic mass is 10.1. The molecule has 2 N–H and O–H groups in total. The Morgan fingerprint density at radius 3 is 2.96 bits per heavy atom. The van der Waals surface area contributed by atoms with E-state index < -0.39 is 0 Å². The van der Waals surface area contributed by atoms with Crippen LogP contribution in [0.25, 0.3) is 10.9 Å². The van der Waals surface area contributed by atoms with E-state index in [2.05, 4.69) is 45.5 Å². The summed E-state index contributed by atoms with van der Waals surface area (Å²) >= 11 is 6.03. The van der Waals surface area contributed by atoms with E-state index >= 15 is 0 Å². The minimum Gasteiger partial charge on any atom is -0.385 e. The van der Waals surface area contributed by atoms with Gasteiger partial charge in [-0.15, -0.1) is 0 Å².